The van der Waals surface area contributed by atoms with Crippen molar-refractivity contribution in [1.29, 1.82) is 0 Å². The quantitative estimate of drug-likeness (QED) is 0.330. The average Bonchev–Trinajstić information content (AvgIpc) is 2.79. The molecule has 0 saturated heterocycles. The highest BCUT2D eigenvalue weighted by molar-refractivity contribution is 8.00. The number of hydrogen-bond acceptors (Lipinski definition) is 5. The lowest BCUT2D eigenvalue weighted by molar-refractivity contribution is -0.124. The standard InChI is InChI=1S/C23H26ClN3O3S/c24-18-8-12-21(13-9-18)31-16-23(29)27-25-14-17-6-10-20(11-7-17)30-15-22(28)26-19-4-2-1-3-5-19/h6-14,19H,1-5,15-16H2,(H,26,28)(H,27,29)/b25-14-. The molecule has 1 saturated carbocycles. The van der Waals surface area contributed by atoms with Crippen LogP contribution in [0.3, 0.4) is 0 Å². The van der Waals surface area contributed by atoms with Crippen molar-refractivity contribution in [1.82, 2.24) is 10.7 Å². The second kappa shape index (κ2) is 12.4. The average molecular weight is 460 g/mol. The third-order valence-electron chi connectivity index (χ3n) is 4.81. The number of rotatable bonds is 9. The Labute approximate surface area is 191 Å². The molecule has 0 atom stereocenters. The van der Waals surface area contributed by atoms with Crippen LogP contribution in [0.5, 0.6) is 5.75 Å². The lowest BCUT2D eigenvalue weighted by Crippen LogP contribution is -2.38. The molecule has 8 heteroatoms. The van der Waals surface area contributed by atoms with Gasteiger partial charge in [0.2, 0.25) is 5.91 Å². The summed E-state index contributed by atoms with van der Waals surface area (Å²) in [4.78, 5) is 24.9. The summed E-state index contributed by atoms with van der Waals surface area (Å²) in [6.07, 6.45) is 7.27. The van der Waals surface area contributed by atoms with Gasteiger partial charge in [-0.25, -0.2) is 5.43 Å². The molecular weight excluding hydrogens is 434 g/mol. The van der Waals surface area contributed by atoms with Crippen LogP contribution in [0.4, 0.5) is 0 Å². The predicted octanol–water partition coefficient (Wildman–Crippen LogP) is 4.41. The summed E-state index contributed by atoms with van der Waals surface area (Å²) < 4.78 is 5.55. The molecule has 1 fully saturated rings. The fourth-order valence-electron chi connectivity index (χ4n) is 3.21. The molecule has 2 aromatic carbocycles. The number of benzene rings is 2. The van der Waals surface area contributed by atoms with Crippen molar-refractivity contribution in [3.8, 4) is 5.75 Å². The van der Waals surface area contributed by atoms with Crippen molar-refractivity contribution in [3.63, 3.8) is 0 Å². The van der Waals surface area contributed by atoms with Crippen LogP contribution in [-0.4, -0.2) is 36.4 Å². The minimum Gasteiger partial charge on any atom is -0.484 e. The molecule has 0 radical (unpaired) electrons. The summed E-state index contributed by atoms with van der Waals surface area (Å²) >= 11 is 7.26. The summed E-state index contributed by atoms with van der Waals surface area (Å²) in [7, 11) is 0. The van der Waals surface area contributed by atoms with E-state index in [0.29, 0.717) is 10.8 Å². The molecular formula is C23H26ClN3O3S. The van der Waals surface area contributed by atoms with E-state index in [9.17, 15) is 9.59 Å². The van der Waals surface area contributed by atoms with Crippen LogP contribution in [0.25, 0.3) is 0 Å². The second-order valence-corrected chi connectivity index (χ2v) is 8.78. The number of thioether (sulfide) groups is 1. The fourth-order valence-corrected chi connectivity index (χ4v) is 4.02. The SMILES string of the molecule is O=C(CSc1ccc(Cl)cc1)N/N=C\c1ccc(OCC(=O)NC2CCCCC2)cc1. The van der Waals surface area contributed by atoms with Crippen molar-refractivity contribution in [3.05, 3.63) is 59.1 Å². The van der Waals surface area contributed by atoms with Gasteiger partial charge in [-0.1, -0.05) is 30.9 Å². The maximum Gasteiger partial charge on any atom is 0.258 e. The zero-order chi connectivity index (χ0) is 21.9. The maximum absolute atomic E-state index is 12.0. The van der Waals surface area contributed by atoms with Crippen LogP contribution in [0.15, 0.2) is 58.5 Å². The third-order valence-corrected chi connectivity index (χ3v) is 6.07. The lowest BCUT2D eigenvalue weighted by Gasteiger charge is -2.22. The molecule has 1 aliphatic rings. The zero-order valence-corrected chi connectivity index (χ0v) is 18.8. The number of nitrogens with one attached hydrogen (secondary N) is 2. The molecule has 1 aliphatic carbocycles. The van der Waals surface area contributed by atoms with Gasteiger partial charge in [-0.3, -0.25) is 9.59 Å². The van der Waals surface area contributed by atoms with E-state index in [1.54, 1.807) is 30.5 Å². The number of hydrogen-bond donors (Lipinski definition) is 2. The Morgan fingerprint density at radius 3 is 2.45 bits per heavy atom. The van der Waals surface area contributed by atoms with Gasteiger partial charge in [0.15, 0.2) is 6.61 Å². The fraction of sp³-hybridized carbons (Fsp3) is 0.348. The summed E-state index contributed by atoms with van der Waals surface area (Å²) in [6.45, 7) is 0.00524. The first-order valence-corrected chi connectivity index (χ1v) is 11.7. The molecule has 164 valence electrons. The minimum absolute atomic E-state index is 0.00524. The molecule has 2 N–H and O–H groups in total. The Balaban J connectivity index is 1.35. The number of carbonyl (C=O) groups is 2. The summed E-state index contributed by atoms with van der Waals surface area (Å²) in [5.74, 6) is 0.588. The number of amides is 2. The van der Waals surface area contributed by atoms with Gasteiger partial charge in [-0.05, 0) is 66.9 Å². The summed E-state index contributed by atoms with van der Waals surface area (Å²) in [5, 5.41) is 7.67. The van der Waals surface area contributed by atoms with Gasteiger partial charge in [0.1, 0.15) is 5.75 Å². The molecule has 0 spiro atoms. The first-order valence-electron chi connectivity index (χ1n) is 10.3. The minimum atomic E-state index is -0.194. The molecule has 0 heterocycles. The van der Waals surface area contributed by atoms with Crippen LogP contribution >= 0.6 is 23.4 Å². The molecule has 3 rings (SSSR count). The number of hydrazone groups is 1. The van der Waals surface area contributed by atoms with Crippen LogP contribution in [0, 0.1) is 0 Å². The molecule has 0 unspecified atom stereocenters. The lowest BCUT2D eigenvalue weighted by atomic mass is 9.95. The summed E-state index contributed by atoms with van der Waals surface area (Å²) in [5.41, 5.74) is 3.32. The topological polar surface area (TPSA) is 79.8 Å². The highest BCUT2D eigenvalue weighted by Gasteiger charge is 2.15. The van der Waals surface area contributed by atoms with Crippen LogP contribution in [0.2, 0.25) is 5.02 Å². The number of halogens is 1. The van der Waals surface area contributed by atoms with Crippen molar-refractivity contribution >= 4 is 41.4 Å². The van der Waals surface area contributed by atoms with Crippen molar-refractivity contribution in [2.45, 2.75) is 43.0 Å². The van der Waals surface area contributed by atoms with Gasteiger partial charge in [-0.2, -0.15) is 5.10 Å². The predicted molar refractivity (Wildman–Crippen MR) is 125 cm³/mol. The van der Waals surface area contributed by atoms with Gasteiger partial charge >= 0.3 is 0 Å². The van der Waals surface area contributed by atoms with E-state index in [0.717, 1.165) is 23.3 Å². The molecule has 2 amide bonds. The highest BCUT2D eigenvalue weighted by atomic mass is 35.5. The molecule has 6 nitrogen and oxygen atoms in total. The Morgan fingerprint density at radius 1 is 1.03 bits per heavy atom. The maximum atomic E-state index is 12.0. The first kappa shape index (κ1) is 23.2. The van der Waals surface area contributed by atoms with E-state index in [1.807, 2.05) is 24.3 Å². The second-order valence-electron chi connectivity index (χ2n) is 7.30. The van der Waals surface area contributed by atoms with Crippen LogP contribution in [0.1, 0.15) is 37.7 Å². The number of nitrogens with zero attached hydrogens (tertiary/aromatic N) is 1. The monoisotopic (exact) mass is 459 g/mol. The Hall–Kier alpha value is -2.51. The van der Waals surface area contributed by atoms with Gasteiger partial charge in [0, 0.05) is 16.0 Å². The van der Waals surface area contributed by atoms with E-state index in [2.05, 4.69) is 15.8 Å². The van der Waals surface area contributed by atoms with Crippen molar-refractivity contribution in [2.75, 3.05) is 12.4 Å². The van der Waals surface area contributed by atoms with E-state index < -0.39 is 0 Å². The van der Waals surface area contributed by atoms with E-state index in [1.165, 1.54) is 31.0 Å². The molecule has 0 aliphatic heterocycles. The van der Waals surface area contributed by atoms with Crippen molar-refractivity contribution < 1.29 is 14.3 Å². The van der Waals surface area contributed by atoms with Gasteiger partial charge in [-0.15, -0.1) is 11.8 Å². The Morgan fingerprint density at radius 2 is 1.74 bits per heavy atom. The number of ether oxygens (including phenoxy) is 1. The van der Waals surface area contributed by atoms with E-state index in [4.69, 9.17) is 16.3 Å². The third kappa shape index (κ3) is 8.63. The largest absolute Gasteiger partial charge is 0.484 e. The van der Waals surface area contributed by atoms with Crippen molar-refractivity contribution in [2.24, 2.45) is 5.10 Å². The van der Waals surface area contributed by atoms with E-state index in [-0.39, 0.29) is 30.2 Å². The van der Waals surface area contributed by atoms with Crippen LogP contribution in [-0.2, 0) is 9.59 Å². The molecule has 2 aromatic rings. The van der Waals surface area contributed by atoms with E-state index >= 15 is 0 Å². The highest BCUT2D eigenvalue weighted by Crippen LogP contribution is 2.20. The molecule has 31 heavy (non-hydrogen) atoms. The van der Waals surface area contributed by atoms with Gasteiger partial charge in [0.05, 0.1) is 12.0 Å². The normalized spacial score (nSPS) is 14.4. The van der Waals surface area contributed by atoms with Gasteiger partial charge in [0.25, 0.3) is 5.91 Å². The zero-order valence-electron chi connectivity index (χ0n) is 17.2. The Kier molecular flexibility index (Phi) is 9.24. The smallest absolute Gasteiger partial charge is 0.258 e. The molecule has 0 bridgehead atoms. The Bertz CT molecular complexity index is 882. The van der Waals surface area contributed by atoms with Crippen LogP contribution < -0.4 is 15.5 Å². The summed E-state index contributed by atoms with van der Waals surface area (Å²) in [6, 6.07) is 14.8. The number of carbonyl (C=O) groups excluding carboxylic acids is 2. The van der Waals surface area contributed by atoms with Gasteiger partial charge < -0.3 is 10.1 Å². The first-order chi connectivity index (χ1) is 15.1. The molecule has 0 aromatic heterocycles.